The lowest BCUT2D eigenvalue weighted by molar-refractivity contribution is 0.305. The minimum Gasteiger partial charge on any atom is -0.319 e. The van der Waals surface area contributed by atoms with Crippen LogP contribution in [0.15, 0.2) is 52.5 Å². The highest BCUT2D eigenvalue weighted by Crippen LogP contribution is 2.28. The summed E-state index contributed by atoms with van der Waals surface area (Å²) >= 11 is 1.49. The fourth-order valence-corrected chi connectivity index (χ4v) is 3.44. The normalized spacial score (nSPS) is 12.5. The van der Waals surface area contributed by atoms with E-state index in [1.165, 1.54) is 28.5 Å². The van der Waals surface area contributed by atoms with Crippen LogP contribution in [0.1, 0.15) is 24.4 Å². The molecule has 0 bridgehead atoms. The molecule has 8 heteroatoms. The van der Waals surface area contributed by atoms with Crippen molar-refractivity contribution in [3.63, 3.8) is 0 Å². The number of halogens is 1. The van der Waals surface area contributed by atoms with Gasteiger partial charge in [-0.1, -0.05) is 11.8 Å². The third kappa shape index (κ3) is 4.28. The molecule has 0 saturated heterocycles. The molecule has 0 saturated carbocycles. The van der Waals surface area contributed by atoms with Gasteiger partial charge in [0.1, 0.15) is 5.82 Å². The van der Waals surface area contributed by atoms with Crippen LogP contribution < -0.4 is 5.56 Å². The van der Waals surface area contributed by atoms with Crippen molar-refractivity contribution >= 4 is 11.8 Å². The van der Waals surface area contributed by atoms with Crippen molar-refractivity contribution in [1.29, 1.82) is 0 Å². The molecule has 0 spiro atoms. The number of pyridine rings is 1. The third-order valence-corrected chi connectivity index (χ3v) is 5.43. The topological polar surface area (TPSA) is 56.0 Å². The maximum absolute atomic E-state index is 13.4. The Kier molecular flexibility index (Phi) is 5.76. The highest BCUT2D eigenvalue weighted by molar-refractivity contribution is 7.98. The van der Waals surface area contributed by atoms with Gasteiger partial charge in [-0.05, 0) is 56.9 Å². The molecule has 0 aliphatic heterocycles. The molecular formula is C19H22FN5OS. The van der Waals surface area contributed by atoms with E-state index in [2.05, 4.69) is 10.2 Å². The van der Waals surface area contributed by atoms with Crippen molar-refractivity contribution in [3.8, 4) is 5.69 Å². The van der Waals surface area contributed by atoms with Gasteiger partial charge >= 0.3 is 0 Å². The SMILES string of the molecule is CC(c1nnc(SCc2ccn(C)c(=O)c2)n1-c1ccc(F)cc1)N(C)C. The molecule has 0 N–H and O–H groups in total. The molecule has 3 rings (SSSR count). The van der Waals surface area contributed by atoms with E-state index in [4.69, 9.17) is 0 Å². The van der Waals surface area contributed by atoms with Crippen molar-refractivity contribution in [2.75, 3.05) is 14.1 Å². The lowest BCUT2D eigenvalue weighted by atomic mass is 10.2. The quantitative estimate of drug-likeness (QED) is 0.609. The lowest BCUT2D eigenvalue weighted by Gasteiger charge is -2.20. The molecule has 142 valence electrons. The first-order valence-electron chi connectivity index (χ1n) is 8.53. The summed E-state index contributed by atoms with van der Waals surface area (Å²) < 4.78 is 16.8. The molecule has 1 unspecified atom stereocenters. The molecule has 0 aliphatic rings. The van der Waals surface area contributed by atoms with Crippen LogP contribution in [0.5, 0.6) is 0 Å². The van der Waals surface area contributed by atoms with E-state index in [0.29, 0.717) is 10.9 Å². The number of benzene rings is 1. The Bertz CT molecular complexity index is 981. The second kappa shape index (κ2) is 8.06. The number of rotatable bonds is 6. The van der Waals surface area contributed by atoms with E-state index in [0.717, 1.165) is 17.1 Å². The molecule has 0 amide bonds. The largest absolute Gasteiger partial charge is 0.319 e. The molecule has 0 radical (unpaired) electrons. The summed E-state index contributed by atoms with van der Waals surface area (Å²) in [6.07, 6.45) is 1.75. The van der Waals surface area contributed by atoms with Gasteiger partial charge in [-0.25, -0.2) is 4.39 Å². The van der Waals surface area contributed by atoms with E-state index in [1.807, 2.05) is 36.6 Å². The van der Waals surface area contributed by atoms with Gasteiger partial charge in [-0.2, -0.15) is 0 Å². The third-order valence-electron chi connectivity index (χ3n) is 4.43. The second-order valence-electron chi connectivity index (χ2n) is 6.56. The number of hydrogen-bond acceptors (Lipinski definition) is 5. The van der Waals surface area contributed by atoms with Crippen molar-refractivity contribution in [2.45, 2.75) is 23.9 Å². The number of nitrogens with zero attached hydrogens (tertiary/aromatic N) is 5. The summed E-state index contributed by atoms with van der Waals surface area (Å²) in [4.78, 5) is 13.9. The minimum atomic E-state index is -0.289. The molecule has 2 heterocycles. The molecule has 2 aromatic heterocycles. The van der Waals surface area contributed by atoms with Gasteiger partial charge in [0, 0.05) is 30.8 Å². The standard InChI is InChI=1S/C19H22FN5OS/c1-13(23(2)3)18-21-22-19(25(18)16-7-5-15(20)6-8-16)27-12-14-9-10-24(4)17(26)11-14/h5-11,13H,12H2,1-4H3. The van der Waals surface area contributed by atoms with Gasteiger partial charge in [-0.3, -0.25) is 14.3 Å². The molecule has 1 aromatic carbocycles. The van der Waals surface area contributed by atoms with Crippen LogP contribution in [-0.4, -0.2) is 38.3 Å². The first-order valence-corrected chi connectivity index (χ1v) is 9.51. The average molecular weight is 387 g/mol. The van der Waals surface area contributed by atoms with E-state index < -0.39 is 0 Å². The fraction of sp³-hybridized carbons (Fsp3) is 0.316. The first-order chi connectivity index (χ1) is 12.9. The maximum Gasteiger partial charge on any atom is 0.250 e. The molecule has 27 heavy (non-hydrogen) atoms. The monoisotopic (exact) mass is 387 g/mol. The number of aryl methyl sites for hydroxylation is 1. The first kappa shape index (κ1) is 19.3. The zero-order valence-electron chi connectivity index (χ0n) is 15.8. The van der Waals surface area contributed by atoms with Crippen molar-refractivity contribution in [1.82, 2.24) is 24.2 Å². The van der Waals surface area contributed by atoms with Crippen LogP contribution >= 0.6 is 11.8 Å². The van der Waals surface area contributed by atoms with E-state index in [-0.39, 0.29) is 17.4 Å². The average Bonchev–Trinajstić information content (AvgIpc) is 3.06. The molecule has 0 fully saturated rings. The van der Waals surface area contributed by atoms with Crippen LogP contribution in [0.2, 0.25) is 0 Å². The summed E-state index contributed by atoms with van der Waals surface area (Å²) in [6, 6.07) is 9.84. The van der Waals surface area contributed by atoms with Crippen LogP contribution in [0, 0.1) is 5.82 Å². The fourth-order valence-electron chi connectivity index (χ4n) is 2.54. The molecule has 6 nitrogen and oxygen atoms in total. The smallest absolute Gasteiger partial charge is 0.250 e. The van der Waals surface area contributed by atoms with E-state index in [1.54, 1.807) is 31.4 Å². The number of hydrogen-bond donors (Lipinski definition) is 0. The molecular weight excluding hydrogens is 365 g/mol. The maximum atomic E-state index is 13.4. The number of thioether (sulfide) groups is 1. The van der Waals surface area contributed by atoms with Gasteiger partial charge < -0.3 is 4.57 Å². The summed E-state index contributed by atoms with van der Waals surface area (Å²) in [5, 5.41) is 9.42. The summed E-state index contributed by atoms with van der Waals surface area (Å²) in [5.74, 6) is 1.08. The predicted octanol–water partition coefficient (Wildman–Crippen LogP) is 3.02. The minimum absolute atomic E-state index is 0.0286. The van der Waals surface area contributed by atoms with Crippen molar-refractivity contribution in [3.05, 3.63) is 70.2 Å². The molecule has 0 aliphatic carbocycles. The Balaban J connectivity index is 1.95. The second-order valence-corrected chi connectivity index (χ2v) is 7.51. The number of aromatic nitrogens is 4. The Hall–Kier alpha value is -2.45. The van der Waals surface area contributed by atoms with Crippen LogP contribution in [0.3, 0.4) is 0 Å². The van der Waals surface area contributed by atoms with Gasteiger partial charge in [0.2, 0.25) is 0 Å². The van der Waals surface area contributed by atoms with Crippen molar-refractivity contribution < 1.29 is 4.39 Å². The summed E-state index contributed by atoms with van der Waals surface area (Å²) in [6.45, 7) is 2.04. The zero-order valence-corrected chi connectivity index (χ0v) is 16.6. The van der Waals surface area contributed by atoms with E-state index in [9.17, 15) is 9.18 Å². The zero-order chi connectivity index (χ0) is 19.6. The highest BCUT2D eigenvalue weighted by atomic mass is 32.2. The Morgan fingerprint density at radius 3 is 2.52 bits per heavy atom. The van der Waals surface area contributed by atoms with Crippen LogP contribution in [0.4, 0.5) is 4.39 Å². The Morgan fingerprint density at radius 1 is 1.19 bits per heavy atom. The van der Waals surface area contributed by atoms with E-state index >= 15 is 0 Å². The Labute approximate surface area is 161 Å². The predicted molar refractivity (Wildman–Crippen MR) is 105 cm³/mol. The van der Waals surface area contributed by atoms with Gasteiger partial charge in [0.05, 0.1) is 6.04 Å². The summed E-state index contributed by atoms with van der Waals surface area (Å²) in [7, 11) is 5.67. The van der Waals surface area contributed by atoms with Crippen LogP contribution in [0.25, 0.3) is 5.69 Å². The molecule has 3 aromatic rings. The summed E-state index contributed by atoms with van der Waals surface area (Å²) in [5.41, 5.74) is 1.67. The van der Waals surface area contributed by atoms with Crippen LogP contribution in [-0.2, 0) is 12.8 Å². The van der Waals surface area contributed by atoms with Crippen molar-refractivity contribution in [2.24, 2.45) is 7.05 Å². The van der Waals surface area contributed by atoms with Gasteiger partial charge in [-0.15, -0.1) is 10.2 Å². The lowest BCUT2D eigenvalue weighted by Crippen LogP contribution is -2.20. The molecule has 1 atom stereocenters. The van der Waals surface area contributed by atoms with Gasteiger partial charge in [0.15, 0.2) is 11.0 Å². The van der Waals surface area contributed by atoms with Gasteiger partial charge in [0.25, 0.3) is 5.56 Å². The Morgan fingerprint density at radius 2 is 1.89 bits per heavy atom. The highest BCUT2D eigenvalue weighted by Gasteiger charge is 2.21.